The molecule has 1 aromatic heterocycles. The van der Waals surface area contributed by atoms with Crippen LogP contribution in [0.3, 0.4) is 0 Å². The summed E-state index contributed by atoms with van der Waals surface area (Å²) in [6.07, 6.45) is 2.21. The second-order valence-corrected chi connectivity index (χ2v) is 4.35. The Bertz CT molecular complexity index is 537. The van der Waals surface area contributed by atoms with E-state index in [2.05, 4.69) is 11.9 Å². The zero-order valence-electron chi connectivity index (χ0n) is 11.2. The lowest BCUT2D eigenvalue weighted by Crippen LogP contribution is -1.97. The molecule has 0 saturated heterocycles. The van der Waals surface area contributed by atoms with Crippen LogP contribution in [-0.4, -0.2) is 18.7 Å². The van der Waals surface area contributed by atoms with Crippen molar-refractivity contribution < 1.29 is 9.47 Å². The molecule has 0 amide bonds. The maximum Gasteiger partial charge on any atom is 0.130 e. The van der Waals surface area contributed by atoms with E-state index in [1.54, 1.807) is 7.11 Å². The molecule has 0 aliphatic carbocycles. The van der Waals surface area contributed by atoms with Gasteiger partial charge in [0, 0.05) is 17.1 Å². The maximum absolute atomic E-state index is 5.70. The molecule has 0 fully saturated rings. The van der Waals surface area contributed by atoms with Crippen LogP contribution in [0.2, 0.25) is 0 Å². The zero-order valence-corrected chi connectivity index (χ0v) is 11.2. The van der Waals surface area contributed by atoms with Crippen LogP contribution in [0.4, 0.5) is 0 Å². The van der Waals surface area contributed by atoms with Gasteiger partial charge in [-0.25, -0.2) is 0 Å². The monoisotopic (exact) mass is 245 g/mol. The van der Waals surface area contributed by atoms with Crippen molar-refractivity contribution in [2.45, 2.75) is 26.7 Å². The number of aromatic nitrogens is 1. The van der Waals surface area contributed by atoms with Crippen LogP contribution in [0, 0.1) is 6.92 Å². The van der Waals surface area contributed by atoms with Gasteiger partial charge in [0.25, 0.3) is 0 Å². The molecule has 3 heteroatoms. The number of ether oxygens (including phenoxy) is 2. The van der Waals surface area contributed by atoms with Gasteiger partial charge in [-0.3, -0.25) is 4.98 Å². The van der Waals surface area contributed by atoms with E-state index in [9.17, 15) is 0 Å². The number of benzene rings is 1. The van der Waals surface area contributed by atoms with Crippen molar-refractivity contribution in [1.29, 1.82) is 0 Å². The minimum absolute atomic E-state index is 0.754. The van der Waals surface area contributed by atoms with Gasteiger partial charge in [-0.1, -0.05) is 13.3 Å². The van der Waals surface area contributed by atoms with Crippen LogP contribution in [0.25, 0.3) is 10.9 Å². The molecule has 0 bridgehead atoms. The Morgan fingerprint density at radius 1 is 1.22 bits per heavy atom. The number of nitrogens with zero attached hydrogens (tertiary/aromatic N) is 1. The fraction of sp³-hybridized carbons (Fsp3) is 0.400. The van der Waals surface area contributed by atoms with Crippen molar-refractivity contribution in [3.63, 3.8) is 0 Å². The number of unbranched alkanes of at least 4 members (excludes halogenated alkanes) is 1. The predicted molar refractivity (Wildman–Crippen MR) is 73.4 cm³/mol. The first-order valence-corrected chi connectivity index (χ1v) is 6.32. The van der Waals surface area contributed by atoms with E-state index < -0.39 is 0 Å². The number of hydrogen-bond donors (Lipinski definition) is 0. The number of pyridine rings is 1. The molecule has 1 heterocycles. The molecule has 0 spiro atoms. The van der Waals surface area contributed by atoms with Crippen LogP contribution < -0.4 is 9.47 Å². The summed E-state index contributed by atoms with van der Waals surface area (Å²) in [5.41, 5.74) is 1.90. The molecule has 3 nitrogen and oxygen atoms in total. The normalized spacial score (nSPS) is 10.6. The van der Waals surface area contributed by atoms with Gasteiger partial charge in [0.2, 0.25) is 0 Å². The Kier molecular flexibility index (Phi) is 4.03. The number of methoxy groups -OCH3 is 1. The number of rotatable bonds is 5. The smallest absolute Gasteiger partial charge is 0.130 e. The predicted octanol–water partition coefficient (Wildman–Crippen LogP) is 3.73. The Balaban J connectivity index is 2.34. The summed E-state index contributed by atoms with van der Waals surface area (Å²) in [7, 11) is 1.68. The third-order valence-electron chi connectivity index (χ3n) is 2.86. The third kappa shape index (κ3) is 2.73. The SMILES string of the molecule is CCCCOc1ccc2nc(C)cc(OC)c2c1. The molecule has 0 aliphatic heterocycles. The van der Waals surface area contributed by atoms with E-state index in [-0.39, 0.29) is 0 Å². The first-order valence-electron chi connectivity index (χ1n) is 6.32. The minimum atomic E-state index is 0.754. The van der Waals surface area contributed by atoms with E-state index in [1.807, 2.05) is 31.2 Å². The van der Waals surface area contributed by atoms with Crippen molar-refractivity contribution in [3.8, 4) is 11.5 Å². The lowest BCUT2D eigenvalue weighted by Gasteiger charge is -2.09. The summed E-state index contributed by atoms with van der Waals surface area (Å²) < 4.78 is 11.1. The Hall–Kier alpha value is -1.77. The van der Waals surface area contributed by atoms with E-state index in [1.165, 1.54) is 0 Å². The molecule has 96 valence electrons. The molecule has 0 N–H and O–H groups in total. The highest BCUT2D eigenvalue weighted by Crippen LogP contribution is 2.28. The zero-order chi connectivity index (χ0) is 13.0. The largest absolute Gasteiger partial charge is 0.496 e. The van der Waals surface area contributed by atoms with Crippen molar-refractivity contribution in [2.75, 3.05) is 13.7 Å². The van der Waals surface area contributed by atoms with E-state index in [0.717, 1.165) is 47.5 Å². The molecule has 0 radical (unpaired) electrons. The fourth-order valence-corrected chi connectivity index (χ4v) is 1.89. The van der Waals surface area contributed by atoms with Gasteiger partial charge in [-0.05, 0) is 31.5 Å². The average molecular weight is 245 g/mol. The van der Waals surface area contributed by atoms with Crippen molar-refractivity contribution in [3.05, 3.63) is 30.0 Å². The number of fused-ring (bicyclic) bond motifs is 1. The van der Waals surface area contributed by atoms with Gasteiger partial charge in [-0.2, -0.15) is 0 Å². The molecular weight excluding hydrogens is 226 g/mol. The van der Waals surface area contributed by atoms with Crippen LogP contribution in [-0.2, 0) is 0 Å². The highest BCUT2D eigenvalue weighted by molar-refractivity contribution is 5.86. The highest BCUT2D eigenvalue weighted by Gasteiger charge is 2.06. The third-order valence-corrected chi connectivity index (χ3v) is 2.86. The Labute approximate surface area is 108 Å². The van der Waals surface area contributed by atoms with Gasteiger partial charge in [0.15, 0.2) is 0 Å². The van der Waals surface area contributed by atoms with Gasteiger partial charge in [0.05, 0.1) is 19.2 Å². The van der Waals surface area contributed by atoms with Crippen LogP contribution >= 0.6 is 0 Å². The van der Waals surface area contributed by atoms with Crippen LogP contribution in [0.5, 0.6) is 11.5 Å². The lowest BCUT2D eigenvalue weighted by molar-refractivity contribution is 0.309. The van der Waals surface area contributed by atoms with E-state index >= 15 is 0 Å². The van der Waals surface area contributed by atoms with Crippen molar-refractivity contribution >= 4 is 10.9 Å². The highest BCUT2D eigenvalue weighted by atomic mass is 16.5. The van der Waals surface area contributed by atoms with Gasteiger partial charge in [-0.15, -0.1) is 0 Å². The molecule has 0 aliphatic rings. The molecule has 0 unspecified atom stereocenters. The van der Waals surface area contributed by atoms with Gasteiger partial charge >= 0.3 is 0 Å². The summed E-state index contributed by atoms with van der Waals surface area (Å²) >= 11 is 0. The molecule has 2 aromatic rings. The molecular formula is C15H19NO2. The standard InChI is InChI=1S/C15H19NO2/c1-4-5-8-18-12-6-7-14-13(10-12)15(17-3)9-11(2)16-14/h6-7,9-10H,4-5,8H2,1-3H3. The fourth-order valence-electron chi connectivity index (χ4n) is 1.89. The summed E-state index contributed by atoms with van der Waals surface area (Å²) in [6.45, 7) is 4.87. The lowest BCUT2D eigenvalue weighted by atomic mass is 10.1. The second-order valence-electron chi connectivity index (χ2n) is 4.35. The summed E-state index contributed by atoms with van der Waals surface area (Å²) in [6, 6.07) is 7.88. The van der Waals surface area contributed by atoms with Crippen LogP contribution in [0.1, 0.15) is 25.5 Å². The maximum atomic E-state index is 5.70. The van der Waals surface area contributed by atoms with Crippen LogP contribution in [0.15, 0.2) is 24.3 Å². The first-order chi connectivity index (χ1) is 8.74. The second kappa shape index (κ2) is 5.71. The Morgan fingerprint density at radius 3 is 2.78 bits per heavy atom. The van der Waals surface area contributed by atoms with Gasteiger partial charge < -0.3 is 9.47 Å². The molecule has 0 atom stereocenters. The Morgan fingerprint density at radius 2 is 2.06 bits per heavy atom. The first kappa shape index (κ1) is 12.7. The quantitative estimate of drug-likeness (QED) is 0.752. The average Bonchev–Trinajstić information content (AvgIpc) is 2.38. The van der Waals surface area contributed by atoms with Crippen molar-refractivity contribution in [2.24, 2.45) is 0 Å². The molecule has 0 saturated carbocycles. The molecule has 18 heavy (non-hydrogen) atoms. The summed E-state index contributed by atoms with van der Waals surface area (Å²) in [5, 5.41) is 0.997. The van der Waals surface area contributed by atoms with E-state index in [4.69, 9.17) is 9.47 Å². The number of hydrogen-bond acceptors (Lipinski definition) is 3. The minimum Gasteiger partial charge on any atom is -0.496 e. The van der Waals surface area contributed by atoms with Crippen molar-refractivity contribution in [1.82, 2.24) is 4.98 Å². The summed E-state index contributed by atoms with van der Waals surface area (Å²) in [5.74, 6) is 1.72. The topological polar surface area (TPSA) is 31.4 Å². The van der Waals surface area contributed by atoms with Gasteiger partial charge in [0.1, 0.15) is 11.5 Å². The van der Waals surface area contributed by atoms with E-state index in [0.29, 0.717) is 0 Å². The molecule has 1 aromatic carbocycles. The number of aryl methyl sites for hydroxylation is 1. The molecule has 2 rings (SSSR count). The summed E-state index contributed by atoms with van der Waals surface area (Å²) in [4.78, 5) is 4.49.